The normalized spacial score (nSPS) is 16.8. The van der Waals surface area contributed by atoms with Crippen molar-refractivity contribution in [3.05, 3.63) is 29.8 Å². The molecule has 0 aromatic heterocycles. The number of para-hydroxylation sites is 1. The molecule has 27 heavy (non-hydrogen) atoms. The van der Waals surface area contributed by atoms with E-state index in [4.69, 9.17) is 0 Å². The molecule has 0 atom stereocenters. The summed E-state index contributed by atoms with van der Waals surface area (Å²) in [5.74, 6) is 0.767. The van der Waals surface area contributed by atoms with Crippen LogP contribution in [0.5, 0.6) is 5.75 Å². The maximum atomic E-state index is 12.5. The lowest BCUT2D eigenvalue weighted by Gasteiger charge is -2.16. The molecule has 0 amide bonds. The summed E-state index contributed by atoms with van der Waals surface area (Å²) in [6.07, 6.45) is 0.650. The van der Waals surface area contributed by atoms with E-state index in [1.54, 1.807) is 18.2 Å². The molecule has 0 bridgehead atoms. The van der Waals surface area contributed by atoms with Crippen molar-refractivity contribution in [1.29, 1.82) is 0 Å². The van der Waals surface area contributed by atoms with E-state index in [2.05, 4.69) is 20.4 Å². The molecule has 0 aliphatic carbocycles. The zero-order valence-corrected chi connectivity index (χ0v) is 18.2. The number of hydrogen-bond acceptors (Lipinski definition) is 4. The highest BCUT2D eigenvalue weighted by Crippen LogP contribution is 2.20. The monoisotopic (exact) mass is 518 g/mol. The van der Waals surface area contributed by atoms with E-state index in [0.29, 0.717) is 44.1 Å². The summed E-state index contributed by atoms with van der Waals surface area (Å²) < 4.78 is 54.4. The van der Waals surface area contributed by atoms with Crippen LogP contribution in [0.2, 0.25) is 0 Å². The third kappa shape index (κ3) is 7.74. The van der Waals surface area contributed by atoms with Crippen molar-refractivity contribution in [2.45, 2.75) is 26.5 Å². The highest BCUT2D eigenvalue weighted by Gasteiger charge is 2.27. The van der Waals surface area contributed by atoms with E-state index in [9.17, 15) is 17.2 Å². The van der Waals surface area contributed by atoms with E-state index in [0.717, 1.165) is 0 Å². The molecule has 1 fully saturated rings. The molecule has 1 heterocycles. The molecular formula is C16H25F2IN4O3S. The van der Waals surface area contributed by atoms with Gasteiger partial charge in [-0.25, -0.2) is 17.7 Å². The zero-order valence-electron chi connectivity index (χ0n) is 15.0. The number of ether oxygens (including phenoxy) is 1. The van der Waals surface area contributed by atoms with Crippen LogP contribution in [-0.4, -0.2) is 57.2 Å². The minimum Gasteiger partial charge on any atom is -0.434 e. The summed E-state index contributed by atoms with van der Waals surface area (Å²) in [5.41, 5.74) is 0.534. The molecule has 0 unspecified atom stereocenters. The van der Waals surface area contributed by atoms with Crippen LogP contribution in [0.3, 0.4) is 0 Å². The largest absolute Gasteiger partial charge is 0.434 e. The number of guanidine groups is 1. The molecule has 2 rings (SSSR count). The Kier molecular flexibility index (Phi) is 10.2. The molecule has 7 nitrogen and oxygen atoms in total. The number of rotatable bonds is 8. The Morgan fingerprint density at radius 3 is 2.70 bits per heavy atom. The minimum absolute atomic E-state index is 0. The van der Waals surface area contributed by atoms with E-state index in [1.165, 1.54) is 10.4 Å². The molecule has 154 valence electrons. The van der Waals surface area contributed by atoms with Crippen LogP contribution in [0.4, 0.5) is 8.78 Å². The summed E-state index contributed by atoms with van der Waals surface area (Å²) in [4.78, 5) is 4.35. The second kappa shape index (κ2) is 11.6. The van der Waals surface area contributed by atoms with Crippen molar-refractivity contribution >= 4 is 40.0 Å². The van der Waals surface area contributed by atoms with Crippen molar-refractivity contribution in [2.75, 3.05) is 31.9 Å². The van der Waals surface area contributed by atoms with E-state index >= 15 is 0 Å². The molecule has 0 radical (unpaired) electrons. The zero-order chi connectivity index (χ0) is 19.0. The number of halogens is 3. The highest BCUT2D eigenvalue weighted by atomic mass is 127. The first-order valence-electron chi connectivity index (χ1n) is 8.45. The molecule has 0 saturated carbocycles. The second-order valence-corrected chi connectivity index (χ2v) is 7.77. The van der Waals surface area contributed by atoms with Crippen LogP contribution >= 0.6 is 24.0 Å². The molecule has 0 spiro atoms. The third-order valence-electron chi connectivity index (χ3n) is 3.80. The first-order chi connectivity index (χ1) is 12.4. The SMILES string of the molecule is CCNC(=NCc1ccccc1OC(F)F)NCCN1CCCS1(=O)=O.I. The lowest BCUT2D eigenvalue weighted by atomic mass is 10.2. The van der Waals surface area contributed by atoms with Gasteiger partial charge in [-0.1, -0.05) is 18.2 Å². The number of nitrogens with one attached hydrogen (secondary N) is 2. The standard InChI is InChI=1S/C16H24F2N4O3S.HI/c1-2-19-16(20-8-10-22-9-5-11-26(22,23)24)21-12-13-6-3-4-7-14(13)25-15(17)18;/h3-4,6-7,15H,2,5,8-12H2,1H3,(H2,19,20,21);1H. The van der Waals surface area contributed by atoms with Crippen molar-refractivity contribution in [2.24, 2.45) is 4.99 Å². The molecular weight excluding hydrogens is 493 g/mol. The van der Waals surface area contributed by atoms with Gasteiger partial charge in [0.05, 0.1) is 12.3 Å². The number of nitrogens with zero attached hydrogens (tertiary/aromatic N) is 2. The van der Waals surface area contributed by atoms with Gasteiger partial charge in [-0.15, -0.1) is 24.0 Å². The summed E-state index contributed by atoms with van der Waals surface area (Å²) in [6.45, 7) is 1.07. The van der Waals surface area contributed by atoms with E-state index < -0.39 is 16.6 Å². The maximum absolute atomic E-state index is 12.5. The Hall–Kier alpha value is -1.21. The number of hydrogen-bond donors (Lipinski definition) is 2. The molecule has 1 saturated heterocycles. The second-order valence-electron chi connectivity index (χ2n) is 5.68. The van der Waals surface area contributed by atoms with Crippen molar-refractivity contribution < 1.29 is 21.9 Å². The van der Waals surface area contributed by atoms with Crippen LogP contribution in [0, 0.1) is 0 Å². The predicted molar refractivity (Wildman–Crippen MR) is 111 cm³/mol. The van der Waals surface area contributed by atoms with Gasteiger partial charge in [0.15, 0.2) is 5.96 Å². The molecule has 1 aromatic carbocycles. The Morgan fingerprint density at radius 1 is 1.33 bits per heavy atom. The van der Waals surface area contributed by atoms with Crippen LogP contribution in [0.15, 0.2) is 29.3 Å². The van der Waals surface area contributed by atoms with Crippen LogP contribution in [0.1, 0.15) is 18.9 Å². The Morgan fingerprint density at radius 2 is 2.07 bits per heavy atom. The third-order valence-corrected chi connectivity index (χ3v) is 5.75. The Bertz CT molecular complexity index is 719. The van der Waals surface area contributed by atoms with Gasteiger partial charge in [0.1, 0.15) is 5.75 Å². The summed E-state index contributed by atoms with van der Waals surface area (Å²) >= 11 is 0. The maximum Gasteiger partial charge on any atom is 0.387 e. The molecule has 11 heteroatoms. The lowest BCUT2D eigenvalue weighted by Crippen LogP contribution is -2.42. The molecule has 2 N–H and O–H groups in total. The average Bonchev–Trinajstić information content (AvgIpc) is 2.92. The topological polar surface area (TPSA) is 83.0 Å². The quantitative estimate of drug-likeness (QED) is 0.313. The molecule has 1 aliphatic rings. The van der Waals surface area contributed by atoms with Gasteiger partial charge in [-0.2, -0.15) is 8.78 Å². The summed E-state index contributed by atoms with van der Waals surface area (Å²) in [7, 11) is -3.12. The number of alkyl halides is 2. The van der Waals surface area contributed by atoms with Crippen LogP contribution in [0.25, 0.3) is 0 Å². The van der Waals surface area contributed by atoms with Gasteiger partial charge < -0.3 is 15.4 Å². The van der Waals surface area contributed by atoms with Crippen LogP contribution in [-0.2, 0) is 16.6 Å². The lowest BCUT2D eigenvalue weighted by molar-refractivity contribution is -0.0504. The molecule has 1 aliphatic heterocycles. The summed E-state index contributed by atoms with van der Waals surface area (Å²) in [5, 5.41) is 6.10. The number of sulfonamides is 1. The van der Waals surface area contributed by atoms with Crippen molar-refractivity contribution in [3.8, 4) is 5.75 Å². The predicted octanol–water partition coefficient (Wildman–Crippen LogP) is 2.00. The fourth-order valence-electron chi connectivity index (χ4n) is 2.59. The van der Waals surface area contributed by atoms with Gasteiger partial charge in [0, 0.05) is 31.7 Å². The van der Waals surface area contributed by atoms with Crippen molar-refractivity contribution in [1.82, 2.24) is 14.9 Å². The first kappa shape index (κ1) is 23.8. The smallest absolute Gasteiger partial charge is 0.387 e. The van der Waals surface area contributed by atoms with E-state index in [1.807, 2.05) is 6.92 Å². The summed E-state index contributed by atoms with van der Waals surface area (Å²) in [6, 6.07) is 6.48. The van der Waals surface area contributed by atoms with Gasteiger partial charge in [0.2, 0.25) is 10.0 Å². The Labute approximate surface area is 175 Å². The molecule has 1 aromatic rings. The number of benzene rings is 1. The van der Waals surface area contributed by atoms with Gasteiger partial charge in [-0.05, 0) is 19.4 Å². The fourth-order valence-corrected chi connectivity index (χ4v) is 4.12. The Balaban J connectivity index is 0.00000364. The van der Waals surface area contributed by atoms with Gasteiger partial charge >= 0.3 is 6.61 Å². The van der Waals surface area contributed by atoms with E-state index in [-0.39, 0.29) is 42.0 Å². The highest BCUT2D eigenvalue weighted by molar-refractivity contribution is 14.0. The van der Waals surface area contributed by atoms with Crippen LogP contribution < -0.4 is 15.4 Å². The minimum atomic E-state index is -3.12. The van der Waals surface area contributed by atoms with Gasteiger partial charge in [-0.3, -0.25) is 0 Å². The van der Waals surface area contributed by atoms with Gasteiger partial charge in [0.25, 0.3) is 0 Å². The fraction of sp³-hybridized carbons (Fsp3) is 0.562. The first-order valence-corrected chi connectivity index (χ1v) is 10.1. The van der Waals surface area contributed by atoms with Crippen molar-refractivity contribution in [3.63, 3.8) is 0 Å². The average molecular weight is 518 g/mol. The number of aliphatic imine (C=N–C) groups is 1.